The number of amides is 1. The average Bonchev–Trinajstić information content (AvgIpc) is 3.26. The molecule has 6 nitrogen and oxygen atoms in total. The lowest BCUT2D eigenvalue weighted by atomic mass is 10.2. The molecule has 6 heteroatoms. The predicted molar refractivity (Wildman–Crippen MR) is 86.0 cm³/mol. The highest BCUT2D eigenvalue weighted by atomic mass is 16.3. The van der Waals surface area contributed by atoms with Gasteiger partial charge in [0.2, 0.25) is 0 Å². The minimum Gasteiger partial charge on any atom is -0.463 e. The molecule has 4 aromatic rings. The molecule has 4 rings (SSSR count). The number of pyridine rings is 1. The van der Waals surface area contributed by atoms with Gasteiger partial charge in [-0.15, -0.1) is 0 Å². The third-order valence-electron chi connectivity index (χ3n) is 3.49. The maximum Gasteiger partial charge on any atom is 0.276 e. The number of aromatic nitrogens is 3. The molecule has 0 saturated heterocycles. The van der Waals surface area contributed by atoms with Crippen molar-refractivity contribution in [2.75, 3.05) is 5.32 Å². The molecular formula is C17H12N4O2. The summed E-state index contributed by atoms with van der Waals surface area (Å²) in [5, 5.41) is 10.6. The Morgan fingerprint density at radius 1 is 1.13 bits per heavy atom. The Bertz CT molecular complexity index is 968. The predicted octanol–water partition coefficient (Wildman–Crippen LogP) is 3.47. The van der Waals surface area contributed by atoms with E-state index in [2.05, 4.69) is 20.5 Å². The van der Waals surface area contributed by atoms with Crippen LogP contribution in [0.4, 0.5) is 5.69 Å². The molecule has 1 aromatic carbocycles. The quantitative estimate of drug-likeness (QED) is 0.607. The van der Waals surface area contributed by atoms with Gasteiger partial charge in [-0.05, 0) is 36.4 Å². The molecule has 2 N–H and O–H groups in total. The van der Waals surface area contributed by atoms with Crippen LogP contribution in [0.2, 0.25) is 0 Å². The van der Waals surface area contributed by atoms with Crippen LogP contribution in [-0.2, 0) is 0 Å². The minimum atomic E-state index is -0.296. The summed E-state index contributed by atoms with van der Waals surface area (Å²) >= 11 is 0. The molecule has 0 aliphatic rings. The molecule has 0 saturated carbocycles. The van der Waals surface area contributed by atoms with Crippen LogP contribution >= 0.6 is 0 Å². The summed E-state index contributed by atoms with van der Waals surface area (Å²) in [6, 6.07) is 14.6. The normalized spacial score (nSPS) is 10.8. The summed E-state index contributed by atoms with van der Waals surface area (Å²) in [5.41, 5.74) is 2.46. The van der Waals surface area contributed by atoms with E-state index in [1.807, 2.05) is 30.3 Å². The van der Waals surface area contributed by atoms with E-state index in [-0.39, 0.29) is 11.6 Å². The Morgan fingerprint density at radius 2 is 2.09 bits per heavy atom. The number of hydrogen-bond donors (Lipinski definition) is 2. The molecule has 0 spiro atoms. The zero-order valence-corrected chi connectivity index (χ0v) is 12.0. The van der Waals surface area contributed by atoms with Gasteiger partial charge in [-0.25, -0.2) is 0 Å². The van der Waals surface area contributed by atoms with Gasteiger partial charge in [-0.2, -0.15) is 5.10 Å². The molecular weight excluding hydrogens is 292 g/mol. The SMILES string of the molecule is O=C(Nc1cccc2ncccc12)c1cc(-c2ccco2)[nH]n1. The Morgan fingerprint density at radius 3 is 2.96 bits per heavy atom. The van der Waals surface area contributed by atoms with Crippen molar-refractivity contribution in [3.05, 3.63) is 66.7 Å². The number of carbonyl (C=O) groups excluding carboxylic acids is 1. The molecule has 3 aromatic heterocycles. The molecule has 0 aliphatic heterocycles. The standard InChI is InChI=1S/C17H12N4O2/c22-17(15-10-14(20-21-15)16-7-3-9-23-16)19-13-6-1-5-12-11(13)4-2-8-18-12/h1-10H,(H,19,22)(H,20,21). The first-order valence-corrected chi connectivity index (χ1v) is 7.06. The Labute approximate surface area is 131 Å². The lowest BCUT2D eigenvalue weighted by Crippen LogP contribution is -2.12. The molecule has 0 atom stereocenters. The number of fused-ring (bicyclic) bond motifs is 1. The van der Waals surface area contributed by atoms with Crippen LogP contribution in [0, 0.1) is 0 Å². The van der Waals surface area contributed by atoms with E-state index in [4.69, 9.17) is 4.42 Å². The number of nitrogens with one attached hydrogen (secondary N) is 2. The van der Waals surface area contributed by atoms with E-state index in [1.165, 1.54) is 0 Å². The van der Waals surface area contributed by atoms with Crippen molar-refractivity contribution in [3.63, 3.8) is 0 Å². The van der Waals surface area contributed by atoms with Gasteiger partial charge in [0, 0.05) is 17.6 Å². The van der Waals surface area contributed by atoms with Crippen LogP contribution in [0.15, 0.2) is 65.4 Å². The fraction of sp³-hybridized carbons (Fsp3) is 0. The maximum absolute atomic E-state index is 12.4. The number of nitrogens with zero attached hydrogens (tertiary/aromatic N) is 2. The second-order valence-corrected chi connectivity index (χ2v) is 4.97. The fourth-order valence-corrected chi connectivity index (χ4v) is 2.39. The van der Waals surface area contributed by atoms with E-state index in [9.17, 15) is 4.79 Å². The summed E-state index contributed by atoms with van der Waals surface area (Å²) < 4.78 is 5.28. The largest absolute Gasteiger partial charge is 0.463 e. The zero-order chi connectivity index (χ0) is 15.6. The zero-order valence-electron chi connectivity index (χ0n) is 12.0. The first kappa shape index (κ1) is 13.3. The lowest BCUT2D eigenvalue weighted by molar-refractivity contribution is 0.102. The summed E-state index contributed by atoms with van der Waals surface area (Å²) in [5.74, 6) is 0.335. The van der Waals surface area contributed by atoms with Crippen LogP contribution in [0.1, 0.15) is 10.5 Å². The Hall–Kier alpha value is -3.41. The monoisotopic (exact) mass is 304 g/mol. The van der Waals surface area contributed by atoms with Gasteiger partial charge in [0.25, 0.3) is 5.91 Å². The van der Waals surface area contributed by atoms with Gasteiger partial charge in [0.15, 0.2) is 11.5 Å². The second kappa shape index (κ2) is 5.42. The number of carbonyl (C=O) groups is 1. The van der Waals surface area contributed by atoms with Crippen LogP contribution in [0.5, 0.6) is 0 Å². The highest BCUT2D eigenvalue weighted by Crippen LogP contribution is 2.23. The van der Waals surface area contributed by atoms with Crippen molar-refractivity contribution in [1.82, 2.24) is 15.2 Å². The smallest absolute Gasteiger partial charge is 0.276 e. The number of benzene rings is 1. The Balaban J connectivity index is 1.62. The van der Waals surface area contributed by atoms with Crippen molar-refractivity contribution in [1.29, 1.82) is 0 Å². The maximum atomic E-state index is 12.4. The average molecular weight is 304 g/mol. The van der Waals surface area contributed by atoms with Gasteiger partial charge in [-0.1, -0.05) is 6.07 Å². The molecule has 112 valence electrons. The molecule has 0 aliphatic carbocycles. The van der Waals surface area contributed by atoms with E-state index >= 15 is 0 Å². The first-order valence-electron chi connectivity index (χ1n) is 7.06. The Kier molecular flexibility index (Phi) is 3.12. The first-order chi connectivity index (χ1) is 11.3. The van der Waals surface area contributed by atoms with Crippen molar-refractivity contribution in [3.8, 4) is 11.5 Å². The van der Waals surface area contributed by atoms with Crippen molar-refractivity contribution in [2.24, 2.45) is 0 Å². The molecule has 0 bridgehead atoms. The van der Waals surface area contributed by atoms with Crippen LogP contribution in [-0.4, -0.2) is 21.1 Å². The summed E-state index contributed by atoms with van der Waals surface area (Å²) in [4.78, 5) is 16.7. The van der Waals surface area contributed by atoms with Crippen molar-refractivity contribution in [2.45, 2.75) is 0 Å². The van der Waals surface area contributed by atoms with E-state index in [0.717, 1.165) is 10.9 Å². The van der Waals surface area contributed by atoms with Crippen molar-refractivity contribution < 1.29 is 9.21 Å². The number of aromatic amines is 1. The molecule has 0 radical (unpaired) electrons. The van der Waals surface area contributed by atoms with E-state index < -0.39 is 0 Å². The minimum absolute atomic E-state index is 0.289. The molecule has 3 heterocycles. The van der Waals surface area contributed by atoms with Gasteiger partial charge >= 0.3 is 0 Å². The number of furan rings is 1. The lowest BCUT2D eigenvalue weighted by Gasteiger charge is -2.06. The molecule has 1 amide bonds. The molecule has 0 fully saturated rings. The van der Waals surface area contributed by atoms with Crippen LogP contribution < -0.4 is 5.32 Å². The van der Waals surface area contributed by atoms with Crippen LogP contribution in [0.3, 0.4) is 0 Å². The summed E-state index contributed by atoms with van der Waals surface area (Å²) in [6.45, 7) is 0. The summed E-state index contributed by atoms with van der Waals surface area (Å²) in [6.07, 6.45) is 3.29. The van der Waals surface area contributed by atoms with Gasteiger partial charge < -0.3 is 9.73 Å². The van der Waals surface area contributed by atoms with E-state index in [0.29, 0.717) is 17.1 Å². The number of anilines is 1. The number of H-pyrrole nitrogens is 1. The summed E-state index contributed by atoms with van der Waals surface area (Å²) in [7, 11) is 0. The molecule has 0 unspecified atom stereocenters. The third kappa shape index (κ3) is 2.46. The van der Waals surface area contributed by atoms with Gasteiger partial charge in [0.1, 0.15) is 5.69 Å². The molecule has 23 heavy (non-hydrogen) atoms. The highest BCUT2D eigenvalue weighted by Gasteiger charge is 2.14. The second-order valence-electron chi connectivity index (χ2n) is 4.97. The topological polar surface area (TPSA) is 83.8 Å². The third-order valence-corrected chi connectivity index (χ3v) is 3.49. The van der Waals surface area contributed by atoms with E-state index in [1.54, 1.807) is 30.7 Å². The van der Waals surface area contributed by atoms with Gasteiger partial charge in [-0.3, -0.25) is 14.9 Å². The van der Waals surface area contributed by atoms with Gasteiger partial charge in [0.05, 0.1) is 17.5 Å². The van der Waals surface area contributed by atoms with Crippen molar-refractivity contribution >= 4 is 22.5 Å². The highest BCUT2D eigenvalue weighted by molar-refractivity contribution is 6.08. The number of hydrogen-bond acceptors (Lipinski definition) is 4. The van der Waals surface area contributed by atoms with Crippen LogP contribution in [0.25, 0.3) is 22.4 Å². The fourth-order valence-electron chi connectivity index (χ4n) is 2.39. The number of rotatable bonds is 3.